The van der Waals surface area contributed by atoms with E-state index < -0.39 is 13.0 Å². The van der Waals surface area contributed by atoms with Gasteiger partial charge in [-0.05, 0) is 6.07 Å². The van der Waals surface area contributed by atoms with Crippen LogP contribution in [-0.2, 0) is 6.61 Å². The summed E-state index contributed by atoms with van der Waals surface area (Å²) in [6.07, 6.45) is -1.42. The lowest BCUT2D eigenvalue weighted by molar-refractivity contribution is 0.146. The van der Waals surface area contributed by atoms with Crippen LogP contribution in [0, 0.1) is 0 Å². The molecular weight excluding hydrogens is 166 g/mol. The van der Waals surface area contributed by atoms with E-state index in [1.54, 1.807) is 0 Å². The fourth-order valence-electron chi connectivity index (χ4n) is 0.848. The molecule has 12 heavy (non-hydrogen) atoms. The van der Waals surface area contributed by atoms with Gasteiger partial charge in [0.2, 0.25) is 0 Å². The molecule has 0 atom stereocenters. The molecule has 0 aliphatic heterocycles. The summed E-state index contributed by atoms with van der Waals surface area (Å²) in [6.45, 7) is -0.500. The highest BCUT2D eigenvalue weighted by atomic mass is 19.3. The average molecular weight is 174 g/mol. The fraction of sp³-hybridized carbons (Fsp3) is 0.286. The van der Waals surface area contributed by atoms with Gasteiger partial charge in [0.15, 0.2) is 0 Å². The third-order valence-electron chi connectivity index (χ3n) is 1.41. The van der Waals surface area contributed by atoms with Crippen LogP contribution in [0.4, 0.5) is 14.5 Å². The number of halogens is 2. The van der Waals surface area contributed by atoms with Crippen LogP contribution in [0.1, 0.15) is 17.7 Å². The maximum Gasteiger partial charge on any atom is 0.265 e. The molecule has 66 valence electrons. The summed E-state index contributed by atoms with van der Waals surface area (Å²) in [6, 6.07) is 1.11. The van der Waals surface area contributed by atoms with Gasteiger partial charge >= 0.3 is 0 Å². The number of rotatable bonds is 2. The van der Waals surface area contributed by atoms with Gasteiger partial charge in [-0.1, -0.05) is 0 Å². The van der Waals surface area contributed by atoms with E-state index in [1.165, 1.54) is 6.20 Å². The van der Waals surface area contributed by atoms with Crippen LogP contribution in [0.25, 0.3) is 0 Å². The third-order valence-corrected chi connectivity index (χ3v) is 1.41. The standard InChI is InChI=1S/C7H8F2N2O/c8-7(9)5-1-4(10)2-11-6(5)3-12/h1-2,7,12H,3,10H2. The van der Waals surface area contributed by atoms with Crippen molar-refractivity contribution in [1.29, 1.82) is 0 Å². The van der Waals surface area contributed by atoms with Crippen LogP contribution in [0.2, 0.25) is 0 Å². The minimum absolute atomic E-state index is 0.0285. The molecule has 0 amide bonds. The molecule has 5 heteroatoms. The highest BCUT2D eigenvalue weighted by Crippen LogP contribution is 2.23. The number of nitrogens with two attached hydrogens (primary N) is 1. The third kappa shape index (κ3) is 1.68. The summed E-state index contributed by atoms with van der Waals surface area (Å²) >= 11 is 0. The molecule has 0 fully saturated rings. The lowest BCUT2D eigenvalue weighted by Gasteiger charge is -2.05. The first kappa shape index (κ1) is 8.86. The molecular formula is C7H8F2N2O. The van der Waals surface area contributed by atoms with E-state index in [9.17, 15) is 8.78 Å². The smallest absolute Gasteiger partial charge is 0.265 e. The van der Waals surface area contributed by atoms with E-state index in [1.807, 2.05) is 0 Å². The highest BCUT2D eigenvalue weighted by molar-refractivity contribution is 5.40. The molecule has 0 radical (unpaired) electrons. The molecule has 1 aromatic heterocycles. The first-order valence-corrected chi connectivity index (χ1v) is 3.28. The molecule has 1 heterocycles. The molecule has 0 spiro atoms. The number of nitrogens with zero attached hydrogens (tertiary/aromatic N) is 1. The van der Waals surface area contributed by atoms with Gasteiger partial charge in [0.05, 0.1) is 24.2 Å². The Balaban J connectivity index is 3.12. The lowest BCUT2D eigenvalue weighted by atomic mass is 10.2. The van der Waals surface area contributed by atoms with Crippen LogP contribution >= 0.6 is 0 Å². The van der Waals surface area contributed by atoms with Gasteiger partial charge in [0.1, 0.15) is 0 Å². The van der Waals surface area contributed by atoms with Crippen LogP contribution in [-0.4, -0.2) is 10.1 Å². The average Bonchev–Trinajstić information content (AvgIpc) is 2.04. The summed E-state index contributed by atoms with van der Waals surface area (Å²) < 4.78 is 24.4. The minimum Gasteiger partial charge on any atom is -0.397 e. The first-order chi connectivity index (χ1) is 5.65. The Morgan fingerprint density at radius 3 is 2.75 bits per heavy atom. The van der Waals surface area contributed by atoms with Crippen molar-refractivity contribution in [3.63, 3.8) is 0 Å². The predicted molar refractivity (Wildman–Crippen MR) is 39.5 cm³/mol. The highest BCUT2D eigenvalue weighted by Gasteiger charge is 2.13. The van der Waals surface area contributed by atoms with Crippen molar-refractivity contribution in [1.82, 2.24) is 4.98 Å². The SMILES string of the molecule is Nc1cnc(CO)c(C(F)F)c1. The number of hydrogen-bond donors (Lipinski definition) is 2. The van der Waals surface area contributed by atoms with E-state index in [-0.39, 0.29) is 16.9 Å². The van der Waals surface area contributed by atoms with Gasteiger partial charge in [-0.3, -0.25) is 4.98 Å². The van der Waals surface area contributed by atoms with E-state index in [4.69, 9.17) is 10.8 Å². The number of pyridine rings is 1. The van der Waals surface area contributed by atoms with Gasteiger partial charge in [0.25, 0.3) is 6.43 Å². The number of anilines is 1. The van der Waals surface area contributed by atoms with Crippen molar-refractivity contribution < 1.29 is 13.9 Å². The van der Waals surface area contributed by atoms with E-state index in [2.05, 4.69) is 4.98 Å². The van der Waals surface area contributed by atoms with Crippen LogP contribution in [0.3, 0.4) is 0 Å². The second-order valence-corrected chi connectivity index (χ2v) is 2.26. The van der Waals surface area contributed by atoms with E-state index >= 15 is 0 Å². The molecule has 0 bridgehead atoms. The summed E-state index contributed by atoms with van der Waals surface area (Å²) in [5.74, 6) is 0. The first-order valence-electron chi connectivity index (χ1n) is 3.28. The summed E-state index contributed by atoms with van der Waals surface area (Å²) in [4.78, 5) is 3.56. The zero-order valence-electron chi connectivity index (χ0n) is 6.17. The summed E-state index contributed by atoms with van der Waals surface area (Å²) in [7, 11) is 0. The Hall–Kier alpha value is -1.23. The molecule has 1 rings (SSSR count). The molecule has 0 saturated heterocycles. The van der Waals surface area contributed by atoms with Crippen molar-refractivity contribution in [3.8, 4) is 0 Å². The topological polar surface area (TPSA) is 59.1 Å². The second-order valence-electron chi connectivity index (χ2n) is 2.26. The maximum atomic E-state index is 12.2. The predicted octanol–water partition coefficient (Wildman–Crippen LogP) is 1.09. The monoisotopic (exact) mass is 174 g/mol. The number of aliphatic hydroxyl groups excluding tert-OH is 1. The zero-order valence-corrected chi connectivity index (χ0v) is 6.17. The van der Waals surface area contributed by atoms with Gasteiger partial charge in [-0.15, -0.1) is 0 Å². The minimum atomic E-state index is -2.65. The number of aromatic nitrogens is 1. The van der Waals surface area contributed by atoms with Crippen LogP contribution < -0.4 is 5.73 Å². The van der Waals surface area contributed by atoms with E-state index in [0.717, 1.165) is 6.07 Å². The van der Waals surface area contributed by atoms with Crippen LogP contribution in [0.5, 0.6) is 0 Å². The Labute approximate surface area is 67.8 Å². The van der Waals surface area contributed by atoms with Crippen molar-refractivity contribution in [3.05, 3.63) is 23.5 Å². The Morgan fingerprint density at radius 1 is 1.58 bits per heavy atom. The molecule has 0 aliphatic carbocycles. The molecule has 3 nitrogen and oxygen atoms in total. The summed E-state index contributed by atoms with van der Waals surface area (Å²) in [5.41, 5.74) is 5.08. The molecule has 3 N–H and O–H groups in total. The lowest BCUT2D eigenvalue weighted by Crippen LogP contribution is -2.00. The maximum absolute atomic E-state index is 12.2. The molecule has 1 aromatic rings. The van der Waals surface area contributed by atoms with Gasteiger partial charge < -0.3 is 10.8 Å². The number of hydrogen-bond acceptors (Lipinski definition) is 3. The molecule has 0 aliphatic rings. The number of nitrogen functional groups attached to an aromatic ring is 1. The fourth-order valence-corrected chi connectivity index (χ4v) is 0.848. The van der Waals surface area contributed by atoms with E-state index in [0.29, 0.717) is 0 Å². The van der Waals surface area contributed by atoms with Crippen molar-refractivity contribution in [2.75, 3.05) is 5.73 Å². The molecule has 0 unspecified atom stereocenters. The van der Waals surface area contributed by atoms with Crippen LogP contribution in [0.15, 0.2) is 12.3 Å². The quantitative estimate of drug-likeness (QED) is 0.705. The largest absolute Gasteiger partial charge is 0.397 e. The molecule has 0 saturated carbocycles. The number of alkyl halides is 2. The summed E-state index contributed by atoms with van der Waals surface area (Å²) in [5, 5.41) is 8.62. The Bertz CT molecular complexity index is 278. The van der Waals surface area contributed by atoms with Crippen molar-refractivity contribution in [2.24, 2.45) is 0 Å². The Kier molecular flexibility index (Phi) is 2.54. The van der Waals surface area contributed by atoms with Gasteiger partial charge in [-0.25, -0.2) is 8.78 Å². The molecule has 0 aromatic carbocycles. The normalized spacial score (nSPS) is 10.7. The van der Waals surface area contributed by atoms with Gasteiger partial charge in [-0.2, -0.15) is 0 Å². The van der Waals surface area contributed by atoms with Crippen molar-refractivity contribution in [2.45, 2.75) is 13.0 Å². The Morgan fingerprint density at radius 2 is 2.25 bits per heavy atom. The zero-order chi connectivity index (χ0) is 9.14. The second kappa shape index (κ2) is 3.44. The number of aliphatic hydroxyl groups is 1. The van der Waals surface area contributed by atoms with Gasteiger partial charge in [0, 0.05) is 5.56 Å². The van der Waals surface area contributed by atoms with Crippen molar-refractivity contribution >= 4 is 5.69 Å².